The molecule has 3 aromatic carbocycles. The minimum Gasteiger partial charge on any atom is -0.392 e. The molecule has 3 fully saturated rings. The van der Waals surface area contributed by atoms with Crippen molar-refractivity contribution >= 4 is 11.8 Å². The molecule has 3 aliphatic rings. The first kappa shape index (κ1) is 37.2. The predicted molar refractivity (Wildman–Crippen MR) is 200 cm³/mol. The van der Waals surface area contributed by atoms with Crippen LogP contribution < -0.4 is 10.6 Å². The molecule has 3 saturated heterocycles. The van der Waals surface area contributed by atoms with E-state index >= 15 is 0 Å². The highest BCUT2D eigenvalue weighted by Crippen LogP contribution is 2.39. The predicted octanol–water partition coefficient (Wildman–Crippen LogP) is 6.26. The van der Waals surface area contributed by atoms with Gasteiger partial charge in [-0.2, -0.15) is 0 Å². The van der Waals surface area contributed by atoms with E-state index in [9.17, 15) is 14.7 Å². The number of aliphatic hydroxyl groups excluding tert-OH is 1. The molecule has 3 aliphatic heterocycles. The normalized spacial score (nSPS) is 22.6. The zero-order valence-corrected chi connectivity index (χ0v) is 30.2. The first-order valence-corrected chi connectivity index (χ1v) is 19.1. The fourth-order valence-corrected chi connectivity index (χ4v) is 7.73. The second-order valence-corrected chi connectivity index (χ2v) is 14.5. The van der Waals surface area contributed by atoms with Gasteiger partial charge in [-0.15, -0.1) is 0 Å². The Morgan fingerprint density at radius 2 is 1.59 bits per heavy atom. The quantitative estimate of drug-likeness (QED) is 0.152. The van der Waals surface area contributed by atoms with Gasteiger partial charge in [0.25, 0.3) is 0 Å². The van der Waals surface area contributed by atoms with Gasteiger partial charge in [-0.3, -0.25) is 14.5 Å². The van der Waals surface area contributed by atoms with Gasteiger partial charge >= 0.3 is 0 Å². The van der Waals surface area contributed by atoms with Crippen LogP contribution in [0.2, 0.25) is 0 Å². The number of unbranched alkanes of at least 4 members (excludes halogenated alkanes) is 2. The molecule has 3 heterocycles. The lowest BCUT2D eigenvalue weighted by Gasteiger charge is -2.39. The molecule has 274 valence electrons. The van der Waals surface area contributed by atoms with E-state index < -0.39 is 6.29 Å². The van der Waals surface area contributed by atoms with Crippen LogP contribution in [0.15, 0.2) is 72.8 Å². The topological polar surface area (TPSA) is 103 Å². The average molecular weight is 697 g/mol. The maximum absolute atomic E-state index is 12.4. The molecule has 3 N–H and O–H groups in total. The standard InChI is InChI=1S/C42H56N4O5/c1-31(48)43-21-4-2-3-12-41(49)44-27-33-9-7-10-37(25-33)34-17-19-36(20-18-34)42-50-39(26-40(51-42)35-15-13-32(30-47)14-16-35)29-46-24-8-11-38(46)28-45-22-5-6-23-45/h7,9-10,13-20,25,38-40,42,47H,2-6,8,11-12,21-24,26-30H2,1H3,(H,43,48)(H,44,49)/t38-,39+,40-,42-/m0/s1. The number of amides is 2. The molecule has 3 aromatic rings. The van der Waals surface area contributed by atoms with Crippen molar-refractivity contribution in [2.24, 2.45) is 0 Å². The summed E-state index contributed by atoms with van der Waals surface area (Å²) >= 11 is 0. The third-order valence-electron chi connectivity index (χ3n) is 10.6. The second kappa shape index (κ2) is 18.8. The highest BCUT2D eigenvalue weighted by Gasteiger charge is 2.36. The van der Waals surface area contributed by atoms with Gasteiger partial charge in [0.15, 0.2) is 6.29 Å². The van der Waals surface area contributed by atoms with Gasteiger partial charge in [-0.25, -0.2) is 0 Å². The maximum Gasteiger partial charge on any atom is 0.220 e. The fraction of sp³-hybridized carbons (Fsp3) is 0.524. The van der Waals surface area contributed by atoms with Crippen molar-refractivity contribution in [2.45, 2.75) is 102 Å². The van der Waals surface area contributed by atoms with Gasteiger partial charge in [-0.05, 0) is 92.0 Å². The van der Waals surface area contributed by atoms with E-state index in [2.05, 4.69) is 69.0 Å². The number of nitrogens with one attached hydrogen (secondary N) is 2. The third kappa shape index (κ3) is 10.9. The molecule has 0 spiro atoms. The number of aliphatic hydroxyl groups is 1. The Kier molecular flexibility index (Phi) is 13.7. The number of hydrogen-bond acceptors (Lipinski definition) is 7. The number of nitrogens with zero attached hydrogens (tertiary/aromatic N) is 2. The minimum absolute atomic E-state index is 0.0170. The smallest absolute Gasteiger partial charge is 0.220 e. The summed E-state index contributed by atoms with van der Waals surface area (Å²) in [6.45, 7) is 8.34. The van der Waals surface area contributed by atoms with E-state index in [0.29, 0.717) is 25.6 Å². The number of benzene rings is 3. The zero-order valence-electron chi connectivity index (χ0n) is 30.2. The number of rotatable bonds is 16. The average Bonchev–Trinajstić information content (AvgIpc) is 3.84. The summed E-state index contributed by atoms with van der Waals surface area (Å²) < 4.78 is 13.4. The van der Waals surface area contributed by atoms with Gasteiger partial charge in [0.2, 0.25) is 11.8 Å². The number of hydrogen-bond donors (Lipinski definition) is 3. The van der Waals surface area contributed by atoms with Crippen LogP contribution >= 0.6 is 0 Å². The van der Waals surface area contributed by atoms with Crippen molar-refractivity contribution in [2.75, 3.05) is 39.3 Å². The molecule has 0 aromatic heterocycles. The molecular weight excluding hydrogens is 640 g/mol. The minimum atomic E-state index is -0.480. The fourth-order valence-electron chi connectivity index (χ4n) is 7.73. The van der Waals surface area contributed by atoms with Crippen molar-refractivity contribution in [3.8, 4) is 11.1 Å². The van der Waals surface area contributed by atoms with Crippen molar-refractivity contribution in [1.82, 2.24) is 20.4 Å². The van der Waals surface area contributed by atoms with E-state index in [0.717, 1.165) is 78.7 Å². The lowest BCUT2D eigenvalue weighted by molar-refractivity contribution is -0.253. The van der Waals surface area contributed by atoms with Crippen LogP contribution in [0.5, 0.6) is 0 Å². The van der Waals surface area contributed by atoms with Gasteiger partial charge in [0, 0.05) is 57.5 Å². The molecule has 2 amide bonds. The van der Waals surface area contributed by atoms with Crippen LogP contribution in [-0.2, 0) is 32.2 Å². The first-order chi connectivity index (χ1) is 24.9. The van der Waals surface area contributed by atoms with Crippen LogP contribution in [0.3, 0.4) is 0 Å². The molecule has 0 radical (unpaired) electrons. The first-order valence-electron chi connectivity index (χ1n) is 19.1. The summed E-state index contributed by atoms with van der Waals surface area (Å²) in [5, 5.41) is 15.4. The monoisotopic (exact) mass is 696 g/mol. The Hall–Kier alpha value is -3.60. The van der Waals surface area contributed by atoms with Gasteiger partial charge in [-0.1, -0.05) is 73.2 Å². The molecule has 0 unspecified atom stereocenters. The number of carbonyl (C=O) groups excluding carboxylic acids is 2. The van der Waals surface area contributed by atoms with E-state index in [1.165, 1.54) is 45.7 Å². The lowest BCUT2D eigenvalue weighted by Crippen LogP contribution is -2.45. The van der Waals surface area contributed by atoms with E-state index in [4.69, 9.17) is 9.47 Å². The largest absolute Gasteiger partial charge is 0.392 e. The van der Waals surface area contributed by atoms with Crippen LogP contribution in [-0.4, -0.2) is 78.1 Å². The van der Waals surface area contributed by atoms with Crippen LogP contribution in [0.25, 0.3) is 11.1 Å². The Morgan fingerprint density at radius 1 is 0.804 bits per heavy atom. The summed E-state index contributed by atoms with van der Waals surface area (Å²) in [4.78, 5) is 28.7. The van der Waals surface area contributed by atoms with Crippen LogP contribution in [0, 0.1) is 0 Å². The number of ether oxygens (including phenoxy) is 2. The molecular formula is C42H56N4O5. The molecule has 9 heteroatoms. The van der Waals surface area contributed by atoms with Crippen molar-refractivity contribution in [3.63, 3.8) is 0 Å². The Labute approximate surface area is 303 Å². The molecule has 0 saturated carbocycles. The van der Waals surface area contributed by atoms with Gasteiger partial charge < -0.3 is 30.1 Å². The Morgan fingerprint density at radius 3 is 2.35 bits per heavy atom. The maximum atomic E-state index is 12.4. The highest BCUT2D eigenvalue weighted by molar-refractivity contribution is 5.76. The molecule has 51 heavy (non-hydrogen) atoms. The molecule has 0 bridgehead atoms. The van der Waals surface area contributed by atoms with Gasteiger partial charge in [0.05, 0.1) is 18.8 Å². The summed E-state index contributed by atoms with van der Waals surface area (Å²) in [6.07, 6.45) is 8.48. The van der Waals surface area contributed by atoms with E-state index in [-0.39, 0.29) is 30.6 Å². The van der Waals surface area contributed by atoms with Crippen LogP contribution in [0.4, 0.5) is 0 Å². The molecule has 6 rings (SSSR count). The summed E-state index contributed by atoms with van der Waals surface area (Å²) in [6, 6.07) is 25.5. The second-order valence-electron chi connectivity index (χ2n) is 14.5. The zero-order chi connectivity index (χ0) is 35.4. The van der Waals surface area contributed by atoms with E-state index in [1.54, 1.807) is 0 Å². The Balaban J connectivity index is 1.07. The lowest BCUT2D eigenvalue weighted by atomic mass is 9.98. The summed E-state index contributed by atoms with van der Waals surface area (Å²) in [7, 11) is 0. The van der Waals surface area contributed by atoms with Crippen molar-refractivity contribution < 1.29 is 24.2 Å². The summed E-state index contributed by atoms with van der Waals surface area (Å²) in [5.74, 6) is 0.0289. The van der Waals surface area contributed by atoms with Crippen LogP contribution in [0.1, 0.15) is 99.4 Å². The summed E-state index contributed by atoms with van der Waals surface area (Å²) in [5.41, 5.74) is 6.25. The third-order valence-corrected chi connectivity index (χ3v) is 10.6. The van der Waals surface area contributed by atoms with Crippen molar-refractivity contribution in [3.05, 3.63) is 95.1 Å². The molecule has 9 nitrogen and oxygen atoms in total. The SMILES string of the molecule is CC(=O)NCCCCCC(=O)NCc1cccc(-c2ccc([C@H]3O[C@@H](CN4CCC[C@H]4CN4CCCC4)C[C@@H](c4ccc(CO)cc4)O3)cc2)c1. The number of likely N-dealkylation sites (tertiary alicyclic amines) is 2. The number of carbonyl (C=O) groups is 2. The van der Waals surface area contributed by atoms with Crippen molar-refractivity contribution in [1.29, 1.82) is 0 Å². The Bertz CT molecular complexity index is 1540. The molecule has 4 atom stereocenters. The van der Waals surface area contributed by atoms with Gasteiger partial charge in [0.1, 0.15) is 0 Å². The highest BCUT2D eigenvalue weighted by atomic mass is 16.7. The molecule has 0 aliphatic carbocycles. The van der Waals surface area contributed by atoms with E-state index in [1.807, 2.05) is 24.3 Å².